The minimum atomic E-state index is -0.786. The van der Waals surface area contributed by atoms with Crippen molar-refractivity contribution in [1.29, 1.82) is 0 Å². The molecule has 2 N–H and O–H groups in total. The van der Waals surface area contributed by atoms with E-state index in [-0.39, 0.29) is 24.2 Å². The Labute approximate surface area is 143 Å². The van der Waals surface area contributed by atoms with Crippen molar-refractivity contribution in [2.24, 2.45) is 10.9 Å². The topological polar surface area (TPSA) is 99.1 Å². The molecule has 0 aliphatic heterocycles. The summed E-state index contributed by atoms with van der Waals surface area (Å²) < 4.78 is 0. The van der Waals surface area contributed by atoms with Crippen molar-refractivity contribution in [2.75, 3.05) is 14.1 Å². The zero-order valence-electron chi connectivity index (χ0n) is 15.3. The van der Waals surface area contributed by atoms with Gasteiger partial charge in [0.1, 0.15) is 5.82 Å². The van der Waals surface area contributed by atoms with E-state index in [2.05, 4.69) is 10.3 Å². The fraction of sp³-hybridized carbons (Fsp3) is 0.647. The number of amides is 2. The van der Waals surface area contributed by atoms with E-state index in [9.17, 15) is 14.4 Å². The van der Waals surface area contributed by atoms with Gasteiger partial charge in [0.15, 0.2) is 0 Å². The number of rotatable bonds is 10. The van der Waals surface area contributed by atoms with Crippen LogP contribution in [0, 0.1) is 5.92 Å². The molecule has 0 radical (unpaired) electrons. The van der Waals surface area contributed by atoms with Gasteiger partial charge in [-0.25, -0.2) is 4.99 Å². The van der Waals surface area contributed by atoms with Gasteiger partial charge in [-0.15, -0.1) is 0 Å². The van der Waals surface area contributed by atoms with E-state index < -0.39 is 5.97 Å². The number of unbranched alkanes of at least 4 members (excludes halogenated alkanes) is 1. The van der Waals surface area contributed by atoms with E-state index in [1.54, 1.807) is 20.2 Å². The predicted molar refractivity (Wildman–Crippen MR) is 93.6 cm³/mol. The number of carbonyl (C=O) groups is 3. The van der Waals surface area contributed by atoms with Gasteiger partial charge >= 0.3 is 5.97 Å². The summed E-state index contributed by atoms with van der Waals surface area (Å²) in [5.41, 5.74) is 0.368. The Bertz CT molecular complexity index is 512. The van der Waals surface area contributed by atoms with Gasteiger partial charge in [0, 0.05) is 33.7 Å². The quantitative estimate of drug-likeness (QED) is 0.362. The van der Waals surface area contributed by atoms with Gasteiger partial charge in [-0.05, 0) is 32.1 Å². The summed E-state index contributed by atoms with van der Waals surface area (Å²) in [6.07, 6.45) is 5.03. The number of hydrogen-bond donors (Lipinski definition) is 2. The van der Waals surface area contributed by atoms with Crippen molar-refractivity contribution in [3.8, 4) is 0 Å². The van der Waals surface area contributed by atoms with E-state index in [1.807, 2.05) is 6.92 Å². The first-order valence-corrected chi connectivity index (χ1v) is 8.17. The summed E-state index contributed by atoms with van der Waals surface area (Å²) >= 11 is 0. The van der Waals surface area contributed by atoms with Crippen LogP contribution in [0.1, 0.15) is 52.9 Å². The molecule has 0 saturated carbocycles. The lowest BCUT2D eigenvalue weighted by Crippen LogP contribution is -2.28. The largest absolute Gasteiger partial charge is 0.481 e. The van der Waals surface area contributed by atoms with E-state index in [4.69, 9.17) is 5.11 Å². The number of nitrogens with one attached hydrogen (secondary N) is 1. The number of carboxylic acids is 1. The van der Waals surface area contributed by atoms with E-state index in [1.165, 1.54) is 18.9 Å². The van der Waals surface area contributed by atoms with Gasteiger partial charge in [0.25, 0.3) is 0 Å². The van der Waals surface area contributed by atoms with Crippen LogP contribution in [0.2, 0.25) is 0 Å². The fourth-order valence-corrected chi connectivity index (χ4v) is 2.12. The Morgan fingerprint density at radius 3 is 2.33 bits per heavy atom. The highest BCUT2D eigenvalue weighted by Gasteiger charge is 2.16. The predicted octanol–water partition coefficient (Wildman–Crippen LogP) is 2.18. The van der Waals surface area contributed by atoms with Gasteiger partial charge in [-0.2, -0.15) is 0 Å². The van der Waals surface area contributed by atoms with Gasteiger partial charge in [0.05, 0.1) is 5.57 Å². The van der Waals surface area contributed by atoms with E-state index >= 15 is 0 Å². The fourth-order valence-electron chi connectivity index (χ4n) is 2.12. The van der Waals surface area contributed by atoms with Crippen LogP contribution in [0.15, 0.2) is 16.4 Å². The van der Waals surface area contributed by atoms with Crippen LogP contribution in [-0.2, 0) is 14.4 Å². The van der Waals surface area contributed by atoms with E-state index in [0.29, 0.717) is 17.8 Å². The second-order valence-electron chi connectivity index (χ2n) is 5.69. The lowest BCUT2D eigenvalue weighted by atomic mass is 10.00. The maximum atomic E-state index is 11.8. The first-order valence-electron chi connectivity index (χ1n) is 8.17. The first-order chi connectivity index (χ1) is 11.2. The molecule has 136 valence electrons. The lowest BCUT2D eigenvalue weighted by molar-refractivity contribution is -0.137. The van der Waals surface area contributed by atoms with Crippen LogP contribution >= 0.6 is 0 Å². The van der Waals surface area contributed by atoms with Gasteiger partial charge in [-0.3, -0.25) is 19.3 Å². The molecule has 24 heavy (non-hydrogen) atoms. The van der Waals surface area contributed by atoms with Crippen LogP contribution in [0.25, 0.3) is 0 Å². The average molecular weight is 339 g/mol. The van der Waals surface area contributed by atoms with Gasteiger partial charge in [-0.1, -0.05) is 13.3 Å². The zero-order chi connectivity index (χ0) is 18.7. The second kappa shape index (κ2) is 11.4. The molecule has 0 aromatic rings. The van der Waals surface area contributed by atoms with Crippen molar-refractivity contribution in [1.82, 2.24) is 10.2 Å². The molecule has 1 atom stereocenters. The summed E-state index contributed by atoms with van der Waals surface area (Å²) in [6.45, 7) is 5.06. The summed E-state index contributed by atoms with van der Waals surface area (Å²) in [7, 11) is 3.10. The molecule has 7 nitrogen and oxygen atoms in total. The maximum Gasteiger partial charge on any atom is 0.303 e. The molecule has 7 heteroatoms. The number of carbonyl (C=O) groups excluding carboxylic acids is 2. The molecular formula is C17H29N3O4. The average Bonchev–Trinajstić information content (AvgIpc) is 2.54. The highest BCUT2D eigenvalue weighted by Crippen LogP contribution is 2.15. The Hall–Kier alpha value is -2.18. The second-order valence-corrected chi connectivity index (χ2v) is 5.69. The lowest BCUT2D eigenvalue weighted by Gasteiger charge is -2.18. The Balaban J connectivity index is 5.10. The number of hydrogen-bond acceptors (Lipinski definition) is 4. The molecule has 0 heterocycles. The summed E-state index contributed by atoms with van der Waals surface area (Å²) in [4.78, 5) is 39.7. The Kier molecular flexibility index (Phi) is 10.3. The summed E-state index contributed by atoms with van der Waals surface area (Å²) in [6, 6.07) is 0. The zero-order valence-corrected chi connectivity index (χ0v) is 15.3. The van der Waals surface area contributed by atoms with Crippen molar-refractivity contribution >= 4 is 24.0 Å². The minimum absolute atomic E-state index is 0.168. The number of carboxylic acid groups (broad SMARTS) is 1. The third-order valence-corrected chi connectivity index (χ3v) is 3.84. The maximum absolute atomic E-state index is 11.8. The van der Waals surface area contributed by atoms with Crippen LogP contribution in [-0.4, -0.2) is 48.1 Å². The normalized spacial score (nSPS) is 13.4. The van der Waals surface area contributed by atoms with Crippen LogP contribution in [0.4, 0.5) is 0 Å². The van der Waals surface area contributed by atoms with Crippen molar-refractivity contribution < 1.29 is 19.5 Å². The molecule has 1 unspecified atom stereocenters. The van der Waals surface area contributed by atoms with Crippen LogP contribution in [0.3, 0.4) is 0 Å². The molecule has 0 bridgehead atoms. The summed E-state index contributed by atoms with van der Waals surface area (Å²) in [5, 5.41) is 11.2. The first kappa shape index (κ1) is 21.8. The van der Waals surface area contributed by atoms with Gasteiger partial charge < -0.3 is 10.4 Å². The highest BCUT2D eigenvalue weighted by atomic mass is 16.4. The third-order valence-electron chi connectivity index (χ3n) is 3.84. The van der Waals surface area contributed by atoms with Crippen LogP contribution < -0.4 is 5.32 Å². The summed E-state index contributed by atoms with van der Waals surface area (Å²) in [5.74, 6) is -0.784. The van der Waals surface area contributed by atoms with Gasteiger partial charge in [0.2, 0.25) is 11.8 Å². The highest BCUT2D eigenvalue weighted by molar-refractivity contribution is 5.94. The van der Waals surface area contributed by atoms with Crippen molar-refractivity contribution in [2.45, 2.75) is 52.9 Å². The smallest absolute Gasteiger partial charge is 0.303 e. The molecule has 0 aromatic carbocycles. The monoisotopic (exact) mass is 339 g/mol. The number of nitrogens with zero attached hydrogens (tertiary/aromatic N) is 2. The van der Waals surface area contributed by atoms with Crippen LogP contribution in [0.5, 0.6) is 0 Å². The molecule has 0 spiro atoms. The minimum Gasteiger partial charge on any atom is -0.481 e. The standard InChI is InChI=1S/C17H29N3O4/c1-6-14(9-7-8-10-15(22)23)11-19-16(20(5)13(3)21)12(2)17(24)18-4/h11,14H,6-10H2,1-5H3,(H,18,24)(H,22,23)/b16-12-,19-11?. The van der Waals surface area contributed by atoms with Crippen molar-refractivity contribution in [3.63, 3.8) is 0 Å². The molecule has 0 saturated heterocycles. The molecule has 0 aromatic heterocycles. The molecule has 0 aliphatic carbocycles. The van der Waals surface area contributed by atoms with Crippen molar-refractivity contribution in [3.05, 3.63) is 11.4 Å². The number of aliphatic imine (C=N–C) groups is 1. The molecule has 2 amide bonds. The Morgan fingerprint density at radius 2 is 1.88 bits per heavy atom. The molecule has 0 fully saturated rings. The molecule has 0 aliphatic rings. The third kappa shape index (κ3) is 7.89. The van der Waals surface area contributed by atoms with E-state index in [0.717, 1.165) is 19.3 Å². The number of likely N-dealkylation sites (N-methyl/N-ethyl adjacent to an activating group) is 1. The Morgan fingerprint density at radius 1 is 1.25 bits per heavy atom. The molecular weight excluding hydrogens is 310 g/mol. The number of aliphatic carboxylic acids is 1. The molecule has 0 rings (SSSR count). The SMILES string of the molecule is CCC(C=N/C(=C(\C)C(=O)NC)N(C)C(C)=O)CCCCC(=O)O.